The van der Waals surface area contributed by atoms with E-state index in [9.17, 15) is 19.4 Å². The van der Waals surface area contributed by atoms with Crippen LogP contribution in [0, 0.1) is 5.82 Å². The van der Waals surface area contributed by atoms with Gasteiger partial charge in [0.25, 0.3) is 0 Å². The van der Waals surface area contributed by atoms with Gasteiger partial charge in [-0.05, 0) is 18.2 Å². The van der Waals surface area contributed by atoms with Gasteiger partial charge in [0.15, 0.2) is 17.4 Å². The van der Waals surface area contributed by atoms with E-state index in [0.29, 0.717) is 11.3 Å². The van der Waals surface area contributed by atoms with Gasteiger partial charge in [-0.3, -0.25) is 9.67 Å². The molecule has 0 aliphatic carbocycles. The molecule has 0 unspecified atom stereocenters. The van der Waals surface area contributed by atoms with Crippen LogP contribution in [0.2, 0.25) is 0 Å². The maximum Gasteiger partial charge on any atom is 0.339 e. The molecule has 0 fully saturated rings. The molecule has 0 saturated heterocycles. The number of nitrogens with one attached hydrogen (secondary N) is 1. The number of aromatic hydroxyl groups is 1. The molecule has 0 saturated carbocycles. The van der Waals surface area contributed by atoms with Crippen LogP contribution in [0.5, 0.6) is 5.75 Å². The van der Waals surface area contributed by atoms with Crippen molar-refractivity contribution < 1.29 is 19.4 Å². The second-order valence-corrected chi connectivity index (χ2v) is 7.39. The van der Waals surface area contributed by atoms with Gasteiger partial charge in [-0.15, -0.1) is 0 Å². The van der Waals surface area contributed by atoms with Gasteiger partial charge in [0.1, 0.15) is 17.1 Å². The number of para-hydroxylation sites is 1. The Bertz CT molecular complexity index is 1530. The average Bonchev–Trinajstić information content (AvgIpc) is 3.21. The summed E-state index contributed by atoms with van der Waals surface area (Å²) >= 11 is 0. The number of anilines is 2. The summed E-state index contributed by atoms with van der Waals surface area (Å²) in [5.41, 5.74) is 1.80. The third kappa shape index (κ3) is 3.88. The highest BCUT2D eigenvalue weighted by molar-refractivity contribution is 5.95. The van der Waals surface area contributed by atoms with E-state index >= 15 is 0 Å². The first-order valence-corrected chi connectivity index (χ1v) is 10.2. The van der Waals surface area contributed by atoms with Gasteiger partial charge >= 0.3 is 5.97 Å². The highest BCUT2D eigenvalue weighted by Gasteiger charge is 2.18. The Kier molecular flexibility index (Phi) is 5.30. The number of hydrogen-bond acceptors (Lipinski definition) is 7. The first-order chi connectivity index (χ1) is 16.5. The van der Waals surface area contributed by atoms with Crippen molar-refractivity contribution in [2.75, 3.05) is 5.32 Å². The Morgan fingerprint density at radius 2 is 1.85 bits per heavy atom. The number of carbonyl (C=O) groups is 1. The van der Waals surface area contributed by atoms with Crippen molar-refractivity contribution in [3.8, 4) is 17.3 Å². The molecule has 10 heteroatoms. The maximum atomic E-state index is 14.3. The molecule has 5 aromatic rings. The first kappa shape index (κ1) is 21.0. The number of aromatic carboxylic acids is 1. The molecular weight excluding hydrogens is 439 g/mol. The minimum atomic E-state index is -1.18. The summed E-state index contributed by atoms with van der Waals surface area (Å²) in [6, 6.07) is 15.4. The number of carboxylic acids is 1. The maximum absolute atomic E-state index is 14.3. The van der Waals surface area contributed by atoms with Crippen molar-refractivity contribution in [1.82, 2.24) is 24.7 Å². The minimum Gasteiger partial charge on any atom is -0.503 e. The molecule has 2 aromatic carbocycles. The van der Waals surface area contributed by atoms with Crippen molar-refractivity contribution in [2.45, 2.75) is 6.54 Å². The van der Waals surface area contributed by atoms with Gasteiger partial charge < -0.3 is 15.5 Å². The first-order valence-electron chi connectivity index (χ1n) is 10.2. The molecule has 3 N–H and O–H groups in total. The zero-order valence-electron chi connectivity index (χ0n) is 17.6. The van der Waals surface area contributed by atoms with Gasteiger partial charge in [0, 0.05) is 23.3 Å². The van der Waals surface area contributed by atoms with E-state index in [2.05, 4.69) is 25.4 Å². The lowest BCUT2D eigenvalue weighted by molar-refractivity contribution is 0.0697. The summed E-state index contributed by atoms with van der Waals surface area (Å²) in [5, 5.41) is 27.9. The highest BCUT2D eigenvalue weighted by atomic mass is 19.1. The second-order valence-electron chi connectivity index (χ2n) is 7.39. The summed E-state index contributed by atoms with van der Waals surface area (Å²) in [6.07, 6.45) is 3.82. The van der Waals surface area contributed by atoms with Gasteiger partial charge in [-0.25, -0.2) is 19.2 Å². The van der Waals surface area contributed by atoms with Crippen LogP contribution < -0.4 is 5.32 Å². The lowest BCUT2D eigenvalue weighted by atomic mass is 10.2. The smallest absolute Gasteiger partial charge is 0.339 e. The molecular formula is C24H17FN6O3. The Morgan fingerprint density at radius 3 is 2.68 bits per heavy atom. The lowest BCUT2D eigenvalue weighted by Crippen LogP contribution is -2.06. The average molecular weight is 456 g/mol. The predicted molar refractivity (Wildman–Crippen MR) is 122 cm³/mol. The fourth-order valence-corrected chi connectivity index (χ4v) is 3.58. The number of hydrogen-bond donors (Lipinski definition) is 3. The van der Waals surface area contributed by atoms with Gasteiger partial charge in [-0.2, -0.15) is 5.10 Å². The number of rotatable bonds is 6. The third-order valence-electron chi connectivity index (χ3n) is 5.22. The number of nitrogens with zero attached hydrogens (tertiary/aromatic N) is 5. The number of pyridine rings is 1. The monoisotopic (exact) mass is 456 g/mol. The van der Waals surface area contributed by atoms with Crippen molar-refractivity contribution in [3.63, 3.8) is 0 Å². The van der Waals surface area contributed by atoms with E-state index in [0.717, 1.165) is 10.9 Å². The Morgan fingerprint density at radius 1 is 1.06 bits per heavy atom. The van der Waals surface area contributed by atoms with Crippen LogP contribution in [0.1, 0.15) is 15.9 Å². The molecule has 0 aliphatic rings. The molecule has 34 heavy (non-hydrogen) atoms. The summed E-state index contributed by atoms with van der Waals surface area (Å²) in [4.78, 5) is 23.9. The second kappa shape index (κ2) is 8.58. The van der Waals surface area contributed by atoms with Gasteiger partial charge in [0.05, 0.1) is 23.9 Å². The van der Waals surface area contributed by atoms with E-state index in [4.69, 9.17) is 0 Å². The number of aromatic nitrogens is 5. The molecule has 0 bridgehead atoms. The molecule has 3 aromatic heterocycles. The van der Waals surface area contributed by atoms with Crippen LogP contribution in [0.3, 0.4) is 0 Å². The highest BCUT2D eigenvalue weighted by Crippen LogP contribution is 2.31. The van der Waals surface area contributed by atoms with Crippen LogP contribution in [-0.2, 0) is 6.54 Å². The van der Waals surface area contributed by atoms with Crippen LogP contribution in [0.4, 0.5) is 15.9 Å². The topological polar surface area (TPSA) is 126 Å². The van der Waals surface area contributed by atoms with Crippen molar-refractivity contribution >= 4 is 28.4 Å². The molecule has 0 atom stereocenters. The Balaban J connectivity index is 1.57. The third-order valence-corrected chi connectivity index (χ3v) is 5.22. The zero-order valence-corrected chi connectivity index (χ0v) is 17.6. The molecule has 0 spiro atoms. The molecule has 0 amide bonds. The summed E-state index contributed by atoms with van der Waals surface area (Å²) in [5.74, 6) is -1.57. The number of fused-ring (bicyclic) bond motifs is 1. The SMILES string of the molecule is O=C(O)c1cnccc1Nc1nc(-c2nn(Cc3ccccc3F)c3ccccc23)ncc1O. The molecule has 3 heterocycles. The van der Waals surface area contributed by atoms with Crippen molar-refractivity contribution in [2.24, 2.45) is 0 Å². The minimum absolute atomic E-state index is 0.00596. The Hall–Kier alpha value is -4.86. The molecule has 0 radical (unpaired) electrons. The summed E-state index contributed by atoms with van der Waals surface area (Å²) in [7, 11) is 0. The van der Waals surface area contributed by atoms with Crippen LogP contribution >= 0.6 is 0 Å². The van der Waals surface area contributed by atoms with Gasteiger partial charge in [0.2, 0.25) is 0 Å². The van der Waals surface area contributed by atoms with Crippen LogP contribution in [-0.4, -0.2) is 40.9 Å². The fourth-order valence-electron chi connectivity index (χ4n) is 3.58. The number of benzene rings is 2. The van der Waals surface area contributed by atoms with E-state index in [1.807, 2.05) is 24.3 Å². The van der Waals surface area contributed by atoms with E-state index < -0.39 is 5.97 Å². The number of halogens is 1. The molecule has 9 nitrogen and oxygen atoms in total. The zero-order chi connectivity index (χ0) is 23.7. The van der Waals surface area contributed by atoms with Gasteiger partial charge in [-0.1, -0.05) is 36.4 Å². The quantitative estimate of drug-likeness (QED) is 0.347. The van der Waals surface area contributed by atoms with E-state index in [1.54, 1.807) is 22.9 Å². The summed E-state index contributed by atoms with van der Waals surface area (Å²) < 4.78 is 15.9. The lowest BCUT2D eigenvalue weighted by Gasteiger charge is -2.10. The Labute approximate surface area is 192 Å². The van der Waals surface area contributed by atoms with E-state index in [1.165, 1.54) is 30.7 Å². The number of carboxylic acid groups (broad SMARTS) is 1. The molecule has 0 aliphatic heterocycles. The summed E-state index contributed by atoms with van der Waals surface area (Å²) in [6.45, 7) is 0.204. The van der Waals surface area contributed by atoms with Crippen LogP contribution in [0.15, 0.2) is 73.2 Å². The van der Waals surface area contributed by atoms with Crippen molar-refractivity contribution in [1.29, 1.82) is 0 Å². The largest absolute Gasteiger partial charge is 0.503 e. The van der Waals surface area contributed by atoms with E-state index in [-0.39, 0.29) is 41.0 Å². The standard InChI is InChI=1S/C24H17FN6O3/c25-17-7-3-1-5-14(17)13-31-19-8-4-2-6-15(19)21(30-31)23-27-12-20(32)22(29-23)28-18-9-10-26-11-16(18)24(33)34/h1-12,32H,13H2,(H,33,34)(H,26,27,28,29). The molecule has 5 rings (SSSR count). The fraction of sp³-hybridized carbons (Fsp3) is 0.0417. The van der Waals surface area contributed by atoms with Crippen LogP contribution in [0.25, 0.3) is 22.4 Å². The predicted octanol–water partition coefficient (Wildman–Crippen LogP) is 4.22. The normalized spacial score (nSPS) is 11.0. The van der Waals surface area contributed by atoms with Crippen molar-refractivity contribution in [3.05, 3.63) is 90.1 Å². The molecule has 168 valence electrons.